The van der Waals surface area contributed by atoms with Crippen LogP contribution in [0.5, 0.6) is 0 Å². The molecule has 0 saturated heterocycles. The van der Waals surface area contributed by atoms with Crippen LogP contribution < -0.4 is 9.62 Å². The highest BCUT2D eigenvalue weighted by Crippen LogP contribution is 2.40. The quantitative estimate of drug-likeness (QED) is 0.854. The Kier molecular flexibility index (Phi) is 4.49. The van der Waals surface area contributed by atoms with Gasteiger partial charge in [-0.25, -0.2) is 8.42 Å². The average Bonchev–Trinajstić information content (AvgIpc) is 2.64. The van der Waals surface area contributed by atoms with E-state index in [1.807, 2.05) is 0 Å². The van der Waals surface area contributed by atoms with Gasteiger partial charge in [-0.3, -0.25) is 14.4 Å². The molecule has 0 amide bonds. The van der Waals surface area contributed by atoms with Crippen molar-refractivity contribution in [2.75, 3.05) is 11.4 Å². The molecular formula is C17H17ClN2O4S. The fourth-order valence-electron chi connectivity index (χ4n) is 2.93. The number of fused-ring (bicyclic) bond motifs is 2. The van der Waals surface area contributed by atoms with Crippen LogP contribution in [-0.2, 0) is 14.8 Å². The van der Waals surface area contributed by atoms with E-state index in [2.05, 4.69) is 5.32 Å². The van der Waals surface area contributed by atoms with Gasteiger partial charge < -0.3 is 5.11 Å². The Hall–Kier alpha value is -2.09. The Bertz CT molecular complexity index is 945. The Morgan fingerprint density at radius 1 is 1.24 bits per heavy atom. The highest BCUT2D eigenvalue weighted by molar-refractivity contribution is 7.92. The summed E-state index contributed by atoms with van der Waals surface area (Å²) in [7, 11) is -2.35. The molecule has 25 heavy (non-hydrogen) atoms. The van der Waals surface area contributed by atoms with Gasteiger partial charge in [0, 0.05) is 12.1 Å². The summed E-state index contributed by atoms with van der Waals surface area (Å²) in [4.78, 5) is 11.4. The molecule has 1 aliphatic heterocycles. The van der Waals surface area contributed by atoms with E-state index in [4.69, 9.17) is 11.6 Å². The first-order valence-electron chi connectivity index (χ1n) is 7.59. The monoisotopic (exact) mass is 380 g/mol. The molecule has 0 aliphatic carbocycles. The van der Waals surface area contributed by atoms with E-state index in [1.165, 1.54) is 24.3 Å². The van der Waals surface area contributed by atoms with Crippen LogP contribution in [-0.4, -0.2) is 32.6 Å². The number of aliphatic carboxylic acids is 1. The van der Waals surface area contributed by atoms with Crippen LogP contribution in [0, 0.1) is 0 Å². The number of hydrogen-bond donors (Lipinski definition) is 2. The van der Waals surface area contributed by atoms with Crippen molar-refractivity contribution in [1.82, 2.24) is 5.32 Å². The second kappa shape index (κ2) is 6.33. The van der Waals surface area contributed by atoms with Gasteiger partial charge in [0.1, 0.15) is 6.04 Å². The molecule has 132 valence electrons. The van der Waals surface area contributed by atoms with Gasteiger partial charge in [-0.2, -0.15) is 0 Å². The lowest BCUT2D eigenvalue weighted by atomic mass is 9.96. The fourth-order valence-corrected chi connectivity index (χ4v) is 4.65. The van der Waals surface area contributed by atoms with Crippen LogP contribution in [0.25, 0.3) is 0 Å². The maximum Gasteiger partial charge on any atom is 0.320 e. The lowest BCUT2D eigenvalue weighted by molar-refractivity contribution is -0.139. The molecule has 0 spiro atoms. The summed E-state index contributed by atoms with van der Waals surface area (Å²) in [5.41, 5.74) is 1.64. The van der Waals surface area contributed by atoms with Gasteiger partial charge in [-0.15, -0.1) is 0 Å². The molecule has 2 atom stereocenters. The fraction of sp³-hybridized carbons (Fsp3) is 0.235. The molecule has 1 aliphatic rings. The zero-order chi connectivity index (χ0) is 18.4. The van der Waals surface area contributed by atoms with Crippen molar-refractivity contribution in [1.29, 1.82) is 0 Å². The summed E-state index contributed by atoms with van der Waals surface area (Å²) >= 11 is 6.02. The Morgan fingerprint density at radius 3 is 2.60 bits per heavy atom. The van der Waals surface area contributed by atoms with E-state index in [0.29, 0.717) is 21.8 Å². The number of rotatable bonds is 3. The largest absolute Gasteiger partial charge is 0.480 e. The van der Waals surface area contributed by atoms with E-state index in [0.717, 1.165) is 0 Å². The molecule has 2 unspecified atom stereocenters. The van der Waals surface area contributed by atoms with Crippen LogP contribution in [0.1, 0.15) is 24.1 Å². The van der Waals surface area contributed by atoms with Crippen LogP contribution in [0.4, 0.5) is 5.69 Å². The number of carbonyl (C=O) groups is 1. The van der Waals surface area contributed by atoms with Gasteiger partial charge in [0.2, 0.25) is 0 Å². The molecular weight excluding hydrogens is 364 g/mol. The number of para-hydroxylation sites is 1. The Labute approximate surface area is 151 Å². The predicted octanol–water partition coefficient (Wildman–Crippen LogP) is 2.63. The van der Waals surface area contributed by atoms with E-state index < -0.39 is 28.1 Å². The summed E-state index contributed by atoms with van der Waals surface area (Å²) < 4.78 is 27.3. The number of halogens is 1. The Balaban J connectivity index is 2.31. The van der Waals surface area contributed by atoms with Crippen LogP contribution in [0.2, 0.25) is 5.02 Å². The molecule has 2 aromatic carbocycles. The molecule has 8 heteroatoms. The number of nitrogens with one attached hydrogen (secondary N) is 1. The topological polar surface area (TPSA) is 86.7 Å². The number of carboxylic acids is 1. The molecule has 3 rings (SSSR count). The third-order valence-corrected chi connectivity index (χ3v) is 6.36. The van der Waals surface area contributed by atoms with Crippen molar-refractivity contribution in [3.05, 3.63) is 58.6 Å². The SMILES string of the molecule is CC(NC1c2ccccc2N(C)S(=O)(=O)c2cc(Cl)ccc21)C(=O)O. The van der Waals surface area contributed by atoms with Crippen molar-refractivity contribution in [2.24, 2.45) is 0 Å². The van der Waals surface area contributed by atoms with Crippen molar-refractivity contribution in [3.63, 3.8) is 0 Å². The maximum atomic E-state index is 13.0. The van der Waals surface area contributed by atoms with Gasteiger partial charge in [0.05, 0.1) is 16.6 Å². The minimum atomic E-state index is -3.82. The van der Waals surface area contributed by atoms with Gasteiger partial charge >= 0.3 is 5.97 Å². The number of hydrogen-bond acceptors (Lipinski definition) is 4. The molecule has 0 radical (unpaired) electrons. The smallest absolute Gasteiger partial charge is 0.320 e. The van der Waals surface area contributed by atoms with Crippen molar-refractivity contribution < 1.29 is 18.3 Å². The molecule has 0 saturated carbocycles. The summed E-state index contributed by atoms with van der Waals surface area (Å²) in [6, 6.07) is 10.2. The summed E-state index contributed by atoms with van der Waals surface area (Å²) in [5.74, 6) is -1.02. The van der Waals surface area contributed by atoms with Crippen molar-refractivity contribution >= 4 is 33.3 Å². The lowest BCUT2D eigenvalue weighted by Crippen LogP contribution is -2.37. The third-order valence-electron chi connectivity index (χ3n) is 4.30. The minimum absolute atomic E-state index is 0.0637. The molecule has 6 nitrogen and oxygen atoms in total. The first-order valence-corrected chi connectivity index (χ1v) is 9.41. The molecule has 0 aromatic heterocycles. The normalized spacial score (nSPS) is 19.5. The summed E-state index contributed by atoms with van der Waals surface area (Å²) in [6.07, 6.45) is 0. The van der Waals surface area contributed by atoms with Gasteiger partial charge in [0.25, 0.3) is 10.0 Å². The molecule has 2 aromatic rings. The third kappa shape index (κ3) is 2.99. The highest BCUT2D eigenvalue weighted by Gasteiger charge is 2.36. The first-order chi connectivity index (χ1) is 11.7. The molecule has 2 N–H and O–H groups in total. The lowest BCUT2D eigenvalue weighted by Gasteiger charge is -2.23. The highest BCUT2D eigenvalue weighted by atomic mass is 35.5. The predicted molar refractivity (Wildman–Crippen MR) is 95.6 cm³/mol. The zero-order valence-corrected chi connectivity index (χ0v) is 15.2. The maximum absolute atomic E-state index is 13.0. The average molecular weight is 381 g/mol. The second-order valence-corrected chi connectivity index (χ2v) is 8.25. The number of nitrogens with zero attached hydrogens (tertiary/aromatic N) is 1. The van der Waals surface area contributed by atoms with E-state index in [9.17, 15) is 18.3 Å². The summed E-state index contributed by atoms with van der Waals surface area (Å²) in [5, 5.41) is 12.6. The minimum Gasteiger partial charge on any atom is -0.480 e. The summed E-state index contributed by atoms with van der Waals surface area (Å²) in [6.45, 7) is 1.52. The van der Waals surface area contributed by atoms with Crippen LogP contribution in [0.3, 0.4) is 0 Å². The molecule has 0 bridgehead atoms. The number of sulfonamides is 1. The van der Waals surface area contributed by atoms with E-state index in [1.54, 1.807) is 36.4 Å². The number of carboxylic acid groups (broad SMARTS) is 1. The number of anilines is 1. The van der Waals surface area contributed by atoms with Crippen LogP contribution in [0.15, 0.2) is 47.4 Å². The zero-order valence-electron chi connectivity index (χ0n) is 13.6. The van der Waals surface area contributed by atoms with Crippen molar-refractivity contribution in [3.8, 4) is 0 Å². The van der Waals surface area contributed by atoms with E-state index in [-0.39, 0.29) is 4.90 Å². The molecule has 0 fully saturated rings. The van der Waals surface area contributed by atoms with Gasteiger partial charge in [-0.1, -0.05) is 35.9 Å². The standard InChI is InChI=1S/C17H17ClN2O4S/c1-10(17(21)22)19-16-12-5-3-4-6-14(12)20(2)25(23,24)15-9-11(18)7-8-13(15)16/h3-10,16,19H,1-2H3,(H,21,22). The molecule has 1 heterocycles. The van der Waals surface area contributed by atoms with Gasteiger partial charge in [0.15, 0.2) is 0 Å². The van der Waals surface area contributed by atoms with Crippen LogP contribution >= 0.6 is 11.6 Å². The van der Waals surface area contributed by atoms with Crippen molar-refractivity contribution in [2.45, 2.75) is 23.9 Å². The first kappa shape index (κ1) is 17.7. The van der Waals surface area contributed by atoms with Gasteiger partial charge in [-0.05, 0) is 36.2 Å². The van der Waals surface area contributed by atoms with E-state index >= 15 is 0 Å². The number of benzene rings is 2. The second-order valence-electron chi connectivity index (χ2n) is 5.87. The Morgan fingerprint density at radius 2 is 1.92 bits per heavy atom.